The van der Waals surface area contributed by atoms with Crippen LogP contribution in [-0.2, 0) is 6.54 Å². The predicted molar refractivity (Wildman–Crippen MR) is 182 cm³/mol. The normalized spacial score (nSPS) is 12.5. The van der Waals surface area contributed by atoms with E-state index in [0.717, 1.165) is 32.7 Å². The molecule has 0 aliphatic carbocycles. The Kier molecular flexibility index (Phi) is 6.48. The van der Waals surface area contributed by atoms with Crippen LogP contribution in [-0.4, -0.2) is 0 Å². The summed E-state index contributed by atoms with van der Waals surface area (Å²) in [5.41, 5.74) is 4.17. The molecule has 0 saturated carbocycles. The van der Waals surface area contributed by atoms with Crippen molar-refractivity contribution in [2.75, 3.05) is 4.67 Å². The monoisotopic (exact) mass is 575 g/mol. The lowest BCUT2D eigenvalue weighted by atomic mass is 9.99. The lowest BCUT2D eigenvalue weighted by Gasteiger charge is -2.27. The van der Waals surface area contributed by atoms with E-state index in [1.165, 1.54) is 32.7 Å². The molecule has 208 valence electrons. The summed E-state index contributed by atoms with van der Waals surface area (Å²) < 4.78 is 16.5. The highest BCUT2D eigenvalue weighted by atomic mass is 31.1. The van der Waals surface area contributed by atoms with Gasteiger partial charge >= 0.3 is 8.16 Å². The SMILES string of the molecule is C[C@H](c1cccc2ccccc12)N(Cc1ccccc1)p1oc2ccc3ccccc3c2c2c(ccc3ccccc32)o1. The van der Waals surface area contributed by atoms with E-state index in [1.54, 1.807) is 0 Å². The molecule has 8 aromatic rings. The van der Waals surface area contributed by atoms with Crippen molar-refractivity contribution in [3.05, 3.63) is 157 Å². The van der Waals surface area contributed by atoms with Gasteiger partial charge in [0, 0.05) is 23.4 Å². The van der Waals surface area contributed by atoms with Gasteiger partial charge in [-0.2, -0.15) is 4.67 Å². The fraction of sp³-hybridized carbons (Fsp3) is 0.0769. The highest BCUT2D eigenvalue weighted by molar-refractivity contribution is 7.38. The molecule has 7 aromatic carbocycles. The number of hydrogen-bond acceptors (Lipinski definition) is 3. The maximum absolute atomic E-state index is 7.05. The average molecular weight is 576 g/mol. The number of rotatable bonds is 5. The summed E-state index contributed by atoms with van der Waals surface area (Å²) in [5.74, 6) is 0. The molecule has 8 rings (SSSR count). The van der Waals surface area contributed by atoms with Crippen LogP contribution in [0.15, 0.2) is 154 Å². The molecule has 0 N–H and O–H groups in total. The van der Waals surface area contributed by atoms with Gasteiger partial charge in [-0.1, -0.05) is 133 Å². The first kappa shape index (κ1) is 25.9. The second kappa shape index (κ2) is 10.8. The van der Waals surface area contributed by atoms with Crippen LogP contribution >= 0.6 is 8.16 Å². The maximum atomic E-state index is 7.05. The lowest BCUT2D eigenvalue weighted by molar-refractivity contribution is 0.595. The predicted octanol–water partition coefficient (Wildman–Crippen LogP) is 11.6. The van der Waals surface area contributed by atoms with Crippen LogP contribution in [0.1, 0.15) is 24.1 Å². The van der Waals surface area contributed by atoms with Crippen molar-refractivity contribution in [3.63, 3.8) is 0 Å². The quantitative estimate of drug-likeness (QED) is 0.204. The van der Waals surface area contributed by atoms with Gasteiger partial charge in [0.15, 0.2) is 0 Å². The Labute approximate surface area is 251 Å². The fourth-order valence-corrected chi connectivity index (χ4v) is 7.92. The number of hydrogen-bond donors (Lipinski definition) is 0. The third kappa shape index (κ3) is 4.58. The van der Waals surface area contributed by atoms with Crippen LogP contribution in [0.3, 0.4) is 0 Å². The van der Waals surface area contributed by atoms with Crippen molar-refractivity contribution in [2.24, 2.45) is 0 Å². The third-order valence-corrected chi connectivity index (χ3v) is 10.1. The Balaban J connectivity index is 1.45. The van der Waals surface area contributed by atoms with Crippen molar-refractivity contribution in [1.29, 1.82) is 0 Å². The minimum absolute atomic E-state index is 0.0170. The van der Waals surface area contributed by atoms with E-state index < -0.39 is 8.16 Å². The van der Waals surface area contributed by atoms with Gasteiger partial charge in [0.05, 0.1) is 0 Å². The van der Waals surface area contributed by atoms with E-state index in [-0.39, 0.29) is 6.04 Å². The van der Waals surface area contributed by atoms with Crippen molar-refractivity contribution >= 4 is 62.4 Å². The molecule has 1 atom stereocenters. The van der Waals surface area contributed by atoms with Gasteiger partial charge < -0.3 is 8.39 Å². The standard InChI is InChI=1S/C39H30NO2P/c1-27(32-21-11-17-29-14-5-8-18-33(29)32)40(26-28-12-3-2-4-13-28)43-41-36-24-22-30-15-6-9-19-34(30)38(36)39-35-20-10-7-16-31(35)23-25-37(39)42-43/h2-25,27H,26H2,1H3/t27-/m1/s1. The number of benzene rings is 7. The Bertz CT molecular complexity index is 2210. The Hall–Kier alpha value is -4.82. The average Bonchev–Trinajstić information content (AvgIpc) is 3.24. The van der Waals surface area contributed by atoms with Crippen molar-refractivity contribution in [3.8, 4) is 0 Å². The minimum Gasteiger partial charge on any atom is -0.408 e. The van der Waals surface area contributed by atoms with Crippen molar-refractivity contribution in [2.45, 2.75) is 19.5 Å². The van der Waals surface area contributed by atoms with Gasteiger partial charge in [0.2, 0.25) is 0 Å². The zero-order valence-corrected chi connectivity index (χ0v) is 24.7. The molecular weight excluding hydrogens is 545 g/mol. The summed E-state index contributed by atoms with van der Waals surface area (Å²) in [7, 11) is -1.55. The molecule has 0 unspecified atom stereocenters. The maximum Gasteiger partial charge on any atom is 0.310 e. The molecule has 0 radical (unpaired) electrons. The first-order valence-corrected chi connectivity index (χ1v) is 15.9. The molecule has 0 aliphatic heterocycles. The molecule has 0 aliphatic rings. The molecule has 1 heterocycles. The molecular formula is C39H30NO2P. The summed E-state index contributed by atoms with van der Waals surface area (Å²) in [5, 5.41) is 9.35. The van der Waals surface area contributed by atoms with Crippen LogP contribution in [0.2, 0.25) is 0 Å². The second-order valence-electron chi connectivity index (χ2n) is 11.1. The fourth-order valence-electron chi connectivity index (χ4n) is 6.34. The lowest BCUT2D eigenvalue weighted by Crippen LogP contribution is -2.23. The van der Waals surface area contributed by atoms with Crippen LogP contribution < -0.4 is 4.67 Å². The summed E-state index contributed by atoms with van der Waals surface area (Å²) >= 11 is 0. The first-order chi connectivity index (χ1) is 21.2. The van der Waals surface area contributed by atoms with Crippen LogP contribution in [0.25, 0.3) is 54.3 Å². The molecule has 0 spiro atoms. The summed E-state index contributed by atoms with van der Waals surface area (Å²) in [6.45, 7) is 2.95. The van der Waals surface area contributed by atoms with E-state index in [2.05, 4.69) is 157 Å². The van der Waals surface area contributed by atoms with Gasteiger partial charge in [-0.15, -0.1) is 0 Å². The molecule has 0 amide bonds. The summed E-state index contributed by atoms with van der Waals surface area (Å²) in [4.78, 5) is 0. The van der Waals surface area contributed by atoms with E-state index in [4.69, 9.17) is 8.39 Å². The van der Waals surface area contributed by atoms with Gasteiger partial charge in [-0.25, -0.2) is 0 Å². The van der Waals surface area contributed by atoms with Gasteiger partial charge in [-0.05, 0) is 62.5 Å². The van der Waals surface area contributed by atoms with Crippen LogP contribution in [0.5, 0.6) is 0 Å². The van der Waals surface area contributed by atoms with E-state index in [0.29, 0.717) is 6.54 Å². The van der Waals surface area contributed by atoms with Crippen molar-refractivity contribution < 1.29 is 8.39 Å². The van der Waals surface area contributed by atoms with Crippen molar-refractivity contribution in [1.82, 2.24) is 0 Å². The zero-order chi connectivity index (χ0) is 28.8. The van der Waals surface area contributed by atoms with Gasteiger partial charge in [0.25, 0.3) is 0 Å². The summed E-state index contributed by atoms with van der Waals surface area (Å²) in [6, 6.07) is 51.5. The molecule has 4 heteroatoms. The molecule has 0 bridgehead atoms. The van der Waals surface area contributed by atoms with Gasteiger partial charge in [0.1, 0.15) is 11.2 Å². The van der Waals surface area contributed by atoms with E-state index in [1.807, 2.05) is 0 Å². The van der Waals surface area contributed by atoms with Crippen LogP contribution in [0, 0.1) is 0 Å². The number of fused-ring (bicyclic) bond motifs is 8. The number of nitrogens with zero attached hydrogens (tertiary/aromatic N) is 1. The zero-order valence-electron chi connectivity index (χ0n) is 23.9. The molecule has 1 aromatic heterocycles. The molecule has 43 heavy (non-hydrogen) atoms. The smallest absolute Gasteiger partial charge is 0.310 e. The largest absolute Gasteiger partial charge is 0.408 e. The minimum atomic E-state index is -1.55. The first-order valence-electron chi connectivity index (χ1n) is 14.7. The van der Waals surface area contributed by atoms with E-state index in [9.17, 15) is 0 Å². The molecule has 0 fully saturated rings. The molecule has 0 saturated heterocycles. The van der Waals surface area contributed by atoms with Crippen LogP contribution in [0.4, 0.5) is 0 Å². The Morgan fingerprint density at radius 3 is 1.60 bits per heavy atom. The molecule has 3 nitrogen and oxygen atoms in total. The third-order valence-electron chi connectivity index (χ3n) is 8.50. The highest BCUT2D eigenvalue weighted by Gasteiger charge is 2.25. The topological polar surface area (TPSA) is 29.5 Å². The Morgan fingerprint density at radius 1 is 0.512 bits per heavy atom. The second-order valence-corrected chi connectivity index (χ2v) is 12.4. The highest BCUT2D eigenvalue weighted by Crippen LogP contribution is 2.45. The summed E-state index contributed by atoms with van der Waals surface area (Å²) in [6.07, 6.45) is 0. The van der Waals surface area contributed by atoms with Gasteiger partial charge in [-0.3, -0.25) is 0 Å². The van der Waals surface area contributed by atoms with E-state index >= 15 is 0 Å². The Morgan fingerprint density at radius 2 is 1.00 bits per heavy atom.